The van der Waals surface area contributed by atoms with E-state index >= 15 is 0 Å². The molecule has 0 aliphatic carbocycles. The number of hydrogen-bond donors (Lipinski definition) is 2. The highest BCUT2D eigenvalue weighted by atomic mass is 79.9. The van der Waals surface area contributed by atoms with Crippen LogP contribution >= 0.6 is 15.9 Å². The second-order valence-electron chi connectivity index (χ2n) is 4.85. The molecule has 1 amide bonds. The van der Waals surface area contributed by atoms with E-state index in [0.29, 0.717) is 21.4 Å². The van der Waals surface area contributed by atoms with Gasteiger partial charge in [0.05, 0.1) is 16.1 Å². The van der Waals surface area contributed by atoms with Gasteiger partial charge in [0, 0.05) is 11.4 Å². The van der Waals surface area contributed by atoms with Gasteiger partial charge in [-0.25, -0.2) is 0 Å². The average Bonchev–Trinajstić information content (AvgIpc) is 2.43. The standard InChI is InChI=1S/C16H17BrN2O2/c1-10(2)21-12-8-6-11(7-9-12)19-16(20)13-4-3-5-14(18)15(13)17/h3-10H,18H2,1-2H3,(H,19,20). The van der Waals surface area contributed by atoms with Gasteiger partial charge in [-0.05, 0) is 66.2 Å². The summed E-state index contributed by atoms with van der Waals surface area (Å²) >= 11 is 3.33. The van der Waals surface area contributed by atoms with E-state index in [-0.39, 0.29) is 12.0 Å². The first-order valence-electron chi connectivity index (χ1n) is 6.59. The molecule has 21 heavy (non-hydrogen) atoms. The molecule has 0 aliphatic rings. The second kappa shape index (κ2) is 6.63. The van der Waals surface area contributed by atoms with Gasteiger partial charge in [-0.2, -0.15) is 0 Å². The van der Waals surface area contributed by atoms with Crippen LogP contribution in [0.25, 0.3) is 0 Å². The largest absolute Gasteiger partial charge is 0.491 e. The van der Waals surface area contributed by atoms with Crippen molar-refractivity contribution in [3.05, 3.63) is 52.5 Å². The summed E-state index contributed by atoms with van der Waals surface area (Å²) < 4.78 is 6.16. The Labute approximate surface area is 132 Å². The van der Waals surface area contributed by atoms with Gasteiger partial charge in [0.25, 0.3) is 5.91 Å². The zero-order valence-electron chi connectivity index (χ0n) is 11.9. The maximum absolute atomic E-state index is 12.2. The van der Waals surface area contributed by atoms with Crippen LogP contribution in [0.1, 0.15) is 24.2 Å². The van der Waals surface area contributed by atoms with Crippen LogP contribution in [0.4, 0.5) is 11.4 Å². The van der Waals surface area contributed by atoms with Crippen molar-refractivity contribution >= 4 is 33.2 Å². The zero-order valence-corrected chi connectivity index (χ0v) is 13.5. The van der Waals surface area contributed by atoms with Crippen LogP contribution in [0.5, 0.6) is 5.75 Å². The van der Waals surface area contributed by atoms with Crippen molar-refractivity contribution in [2.75, 3.05) is 11.1 Å². The summed E-state index contributed by atoms with van der Waals surface area (Å²) in [5, 5.41) is 2.83. The molecule has 2 aromatic carbocycles. The minimum atomic E-state index is -0.216. The maximum atomic E-state index is 12.2. The number of rotatable bonds is 4. The molecule has 0 spiro atoms. The molecule has 2 aromatic rings. The van der Waals surface area contributed by atoms with Crippen molar-refractivity contribution in [1.82, 2.24) is 0 Å². The van der Waals surface area contributed by atoms with E-state index < -0.39 is 0 Å². The zero-order chi connectivity index (χ0) is 15.4. The first-order valence-corrected chi connectivity index (χ1v) is 7.38. The Kier molecular flexibility index (Phi) is 4.85. The molecule has 0 saturated heterocycles. The van der Waals surface area contributed by atoms with Gasteiger partial charge >= 0.3 is 0 Å². The molecular weight excluding hydrogens is 332 g/mol. The highest BCUT2D eigenvalue weighted by molar-refractivity contribution is 9.10. The maximum Gasteiger partial charge on any atom is 0.256 e. The van der Waals surface area contributed by atoms with Gasteiger partial charge in [0.15, 0.2) is 0 Å². The van der Waals surface area contributed by atoms with E-state index in [1.165, 1.54) is 0 Å². The van der Waals surface area contributed by atoms with Gasteiger partial charge in [0.2, 0.25) is 0 Å². The summed E-state index contributed by atoms with van der Waals surface area (Å²) in [7, 11) is 0. The van der Waals surface area contributed by atoms with Gasteiger partial charge in [-0.1, -0.05) is 6.07 Å². The van der Waals surface area contributed by atoms with E-state index in [1.54, 1.807) is 30.3 Å². The Hall–Kier alpha value is -2.01. The quantitative estimate of drug-likeness (QED) is 0.818. The number of hydrogen-bond acceptors (Lipinski definition) is 3. The number of nitrogens with one attached hydrogen (secondary N) is 1. The lowest BCUT2D eigenvalue weighted by Gasteiger charge is -2.11. The van der Waals surface area contributed by atoms with Gasteiger partial charge < -0.3 is 15.8 Å². The molecule has 0 bridgehead atoms. The summed E-state index contributed by atoms with van der Waals surface area (Å²) in [6, 6.07) is 12.4. The number of nitrogens with two attached hydrogens (primary N) is 1. The molecule has 0 heterocycles. The molecule has 3 N–H and O–H groups in total. The van der Waals surface area contributed by atoms with E-state index in [4.69, 9.17) is 10.5 Å². The molecule has 2 rings (SSSR count). The number of carbonyl (C=O) groups is 1. The summed E-state index contributed by atoms with van der Waals surface area (Å²) in [5.74, 6) is 0.555. The molecule has 5 heteroatoms. The third kappa shape index (κ3) is 3.98. The Morgan fingerprint density at radius 2 is 1.86 bits per heavy atom. The second-order valence-corrected chi connectivity index (χ2v) is 5.65. The fraction of sp³-hybridized carbons (Fsp3) is 0.188. The minimum Gasteiger partial charge on any atom is -0.491 e. The Morgan fingerprint density at radius 1 is 1.19 bits per heavy atom. The van der Waals surface area contributed by atoms with Crippen LogP contribution < -0.4 is 15.8 Å². The van der Waals surface area contributed by atoms with Gasteiger partial charge in [-0.15, -0.1) is 0 Å². The van der Waals surface area contributed by atoms with E-state index in [1.807, 2.05) is 26.0 Å². The van der Waals surface area contributed by atoms with Crippen molar-refractivity contribution in [2.24, 2.45) is 0 Å². The monoisotopic (exact) mass is 348 g/mol. The predicted molar refractivity (Wildman–Crippen MR) is 88.7 cm³/mol. The van der Waals surface area contributed by atoms with E-state index in [2.05, 4.69) is 21.2 Å². The predicted octanol–water partition coefficient (Wildman–Crippen LogP) is 4.07. The van der Waals surface area contributed by atoms with Crippen molar-refractivity contribution in [1.29, 1.82) is 0 Å². The summed E-state index contributed by atoms with van der Waals surface area (Å²) in [6.07, 6.45) is 0.119. The molecule has 0 aromatic heterocycles. The van der Waals surface area contributed by atoms with Gasteiger partial charge in [0.1, 0.15) is 5.75 Å². The van der Waals surface area contributed by atoms with Crippen LogP contribution in [0.15, 0.2) is 46.9 Å². The first kappa shape index (κ1) is 15.4. The molecule has 0 atom stereocenters. The number of carbonyl (C=O) groups excluding carboxylic acids is 1. The van der Waals surface area contributed by atoms with E-state index in [9.17, 15) is 4.79 Å². The fourth-order valence-electron chi connectivity index (χ4n) is 1.81. The molecule has 0 aliphatic heterocycles. The Balaban J connectivity index is 2.11. The molecule has 0 radical (unpaired) electrons. The van der Waals surface area contributed by atoms with Crippen LogP contribution in [-0.4, -0.2) is 12.0 Å². The molecular formula is C16H17BrN2O2. The number of benzene rings is 2. The Morgan fingerprint density at radius 3 is 2.48 bits per heavy atom. The van der Waals surface area contributed by atoms with Crippen molar-refractivity contribution < 1.29 is 9.53 Å². The van der Waals surface area contributed by atoms with Crippen LogP contribution in [-0.2, 0) is 0 Å². The van der Waals surface area contributed by atoms with Crippen LogP contribution in [0.3, 0.4) is 0 Å². The smallest absolute Gasteiger partial charge is 0.256 e. The first-order chi connectivity index (χ1) is 9.97. The third-order valence-corrected chi connectivity index (χ3v) is 3.64. The molecule has 0 unspecified atom stereocenters. The highest BCUT2D eigenvalue weighted by Crippen LogP contribution is 2.25. The highest BCUT2D eigenvalue weighted by Gasteiger charge is 2.12. The van der Waals surface area contributed by atoms with Crippen molar-refractivity contribution in [2.45, 2.75) is 20.0 Å². The van der Waals surface area contributed by atoms with Crippen molar-refractivity contribution in [3.63, 3.8) is 0 Å². The summed E-state index contributed by atoms with van der Waals surface area (Å²) in [5.41, 5.74) is 7.50. The number of anilines is 2. The van der Waals surface area contributed by atoms with Crippen LogP contribution in [0, 0.1) is 0 Å². The minimum absolute atomic E-state index is 0.119. The lowest BCUT2D eigenvalue weighted by molar-refractivity contribution is 0.102. The summed E-state index contributed by atoms with van der Waals surface area (Å²) in [4.78, 5) is 12.2. The number of halogens is 1. The summed E-state index contributed by atoms with van der Waals surface area (Å²) in [6.45, 7) is 3.93. The normalized spacial score (nSPS) is 10.5. The average molecular weight is 349 g/mol. The lowest BCUT2D eigenvalue weighted by atomic mass is 10.2. The fourth-order valence-corrected chi connectivity index (χ4v) is 2.26. The Bertz CT molecular complexity index is 639. The molecule has 0 fully saturated rings. The van der Waals surface area contributed by atoms with Gasteiger partial charge in [-0.3, -0.25) is 4.79 Å². The number of nitrogen functional groups attached to an aromatic ring is 1. The van der Waals surface area contributed by atoms with E-state index in [0.717, 1.165) is 5.75 Å². The molecule has 4 nitrogen and oxygen atoms in total. The lowest BCUT2D eigenvalue weighted by Crippen LogP contribution is -2.13. The topological polar surface area (TPSA) is 64.3 Å². The van der Waals surface area contributed by atoms with Crippen molar-refractivity contribution in [3.8, 4) is 5.75 Å². The number of amides is 1. The third-order valence-electron chi connectivity index (χ3n) is 2.76. The molecule has 110 valence electrons. The number of ether oxygens (including phenoxy) is 1. The molecule has 0 saturated carbocycles. The van der Waals surface area contributed by atoms with Crippen LogP contribution in [0.2, 0.25) is 0 Å². The SMILES string of the molecule is CC(C)Oc1ccc(NC(=O)c2cccc(N)c2Br)cc1.